The van der Waals surface area contributed by atoms with Crippen LogP contribution in [0.1, 0.15) is 226 Å². The summed E-state index contributed by atoms with van der Waals surface area (Å²) in [5, 5.41) is 8.87. The molecule has 0 spiro atoms. The molecule has 4 nitrogen and oxygen atoms in total. The van der Waals surface area contributed by atoms with Crippen molar-refractivity contribution in [1.29, 1.82) is 0 Å². The lowest BCUT2D eigenvalue weighted by molar-refractivity contribution is -0.150. The number of hydrogen-bond donors (Lipinski definition) is 1. The van der Waals surface area contributed by atoms with Crippen molar-refractivity contribution < 1.29 is 19.4 Å². The third-order valence-electron chi connectivity index (χ3n) is 8.83. The summed E-state index contributed by atoms with van der Waals surface area (Å²) >= 11 is 0. The molecular formula is C38H74O4. The van der Waals surface area contributed by atoms with Gasteiger partial charge in [-0.15, -0.1) is 0 Å². The molecule has 0 bridgehead atoms. The summed E-state index contributed by atoms with van der Waals surface area (Å²) in [6, 6.07) is 0. The van der Waals surface area contributed by atoms with Gasteiger partial charge < -0.3 is 9.84 Å². The molecule has 42 heavy (non-hydrogen) atoms. The number of esters is 1. The maximum Gasteiger partial charge on any atom is 0.306 e. The fourth-order valence-corrected chi connectivity index (χ4v) is 6.01. The second kappa shape index (κ2) is 34.4. The van der Waals surface area contributed by atoms with E-state index in [0.717, 1.165) is 44.9 Å². The van der Waals surface area contributed by atoms with Crippen LogP contribution in [-0.2, 0) is 14.3 Å². The first-order valence-electron chi connectivity index (χ1n) is 19.0. The van der Waals surface area contributed by atoms with E-state index in [-0.39, 0.29) is 18.5 Å². The molecule has 1 unspecified atom stereocenters. The third-order valence-corrected chi connectivity index (χ3v) is 8.83. The molecule has 0 fully saturated rings. The zero-order valence-electron chi connectivity index (χ0n) is 28.6. The Kier molecular flexibility index (Phi) is 33.6. The van der Waals surface area contributed by atoms with Crippen LogP contribution in [-0.4, -0.2) is 23.1 Å². The molecule has 250 valence electrons. The first kappa shape index (κ1) is 40.9. The molecular weight excluding hydrogens is 520 g/mol. The largest absolute Gasteiger partial charge is 0.481 e. The smallest absolute Gasteiger partial charge is 0.306 e. The van der Waals surface area contributed by atoms with Crippen molar-refractivity contribution in [2.75, 3.05) is 0 Å². The van der Waals surface area contributed by atoms with E-state index in [1.165, 1.54) is 148 Å². The average molecular weight is 595 g/mol. The lowest BCUT2D eigenvalue weighted by atomic mass is 10.0. The molecule has 0 aliphatic carbocycles. The van der Waals surface area contributed by atoms with E-state index in [1.807, 2.05) is 0 Å². The molecule has 4 heteroatoms. The van der Waals surface area contributed by atoms with E-state index >= 15 is 0 Å². The third kappa shape index (κ3) is 33.4. The summed E-state index contributed by atoms with van der Waals surface area (Å²) in [7, 11) is 0. The lowest BCUT2D eigenvalue weighted by Crippen LogP contribution is -2.18. The van der Waals surface area contributed by atoms with Crippen molar-refractivity contribution in [3.8, 4) is 0 Å². The number of unbranched alkanes of at least 4 members (excludes halogenated alkanes) is 26. The number of carboxylic acid groups (broad SMARTS) is 1. The maximum absolute atomic E-state index is 12.6. The first-order chi connectivity index (χ1) is 20.6. The average Bonchev–Trinajstić information content (AvgIpc) is 2.97. The molecule has 0 saturated carbocycles. The van der Waals surface area contributed by atoms with E-state index < -0.39 is 5.97 Å². The Labute approximate surface area is 262 Å². The molecule has 0 saturated heterocycles. The highest BCUT2D eigenvalue weighted by molar-refractivity contribution is 5.69. The number of carbonyl (C=O) groups is 2. The van der Waals surface area contributed by atoms with Crippen molar-refractivity contribution >= 4 is 11.9 Å². The maximum atomic E-state index is 12.6. The highest BCUT2D eigenvalue weighted by Crippen LogP contribution is 2.19. The Morgan fingerprint density at radius 2 is 0.714 bits per heavy atom. The zero-order valence-corrected chi connectivity index (χ0v) is 28.6. The van der Waals surface area contributed by atoms with Crippen molar-refractivity contribution in [2.24, 2.45) is 0 Å². The van der Waals surface area contributed by atoms with Crippen LogP contribution in [0.25, 0.3) is 0 Å². The Bertz CT molecular complexity index is 561. The zero-order chi connectivity index (χ0) is 30.8. The monoisotopic (exact) mass is 595 g/mol. The Morgan fingerprint density at radius 1 is 0.429 bits per heavy atom. The molecule has 0 aromatic carbocycles. The molecule has 0 aromatic rings. The van der Waals surface area contributed by atoms with Gasteiger partial charge in [-0.2, -0.15) is 0 Å². The van der Waals surface area contributed by atoms with E-state index in [0.29, 0.717) is 12.8 Å². The molecule has 0 amide bonds. The number of carboxylic acids is 1. The number of rotatable bonds is 35. The van der Waals surface area contributed by atoms with Crippen LogP contribution in [0.15, 0.2) is 0 Å². The van der Waals surface area contributed by atoms with Crippen LogP contribution < -0.4 is 0 Å². The van der Waals surface area contributed by atoms with Crippen molar-refractivity contribution in [3.63, 3.8) is 0 Å². The highest BCUT2D eigenvalue weighted by atomic mass is 16.5. The minimum Gasteiger partial charge on any atom is -0.481 e. The quantitative estimate of drug-likeness (QED) is 0.0585. The fraction of sp³-hybridized carbons (Fsp3) is 0.947. The molecule has 1 atom stereocenters. The van der Waals surface area contributed by atoms with E-state index in [4.69, 9.17) is 9.84 Å². The highest BCUT2D eigenvalue weighted by Gasteiger charge is 2.14. The second-order valence-corrected chi connectivity index (χ2v) is 13.1. The van der Waals surface area contributed by atoms with Crippen LogP contribution in [0.2, 0.25) is 0 Å². The van der Waals surface area contributed by atoms with E-state index in [2.05, 4.69) is 13.8 Å². The van der Waals surface area contributed by atoms with Gasteiger partial charge in [0.15, 0.2) is 0 Å². The van der Waals surface area contributed by atoms with Gasteiger partial charge in [0.2, 0.25) is 0 Å². The van der Waals surface area contributed by atoms with Crippen LogP contribution in [0.3, 0.4) is 0 Å². The van der Waals surface area contributed by atoms with Crippen LogP contribution in [0.5, 0.6) is 0 Å². The topological polar surface area (TPSA) is 63.6 Å². The second-order valence-electron chi connectivity index (χ2n) is 13.1. The van der Waals surface area contributed by atoms with Crippen LogP contribution in [0.4, 0.5) is 0 Å². The van der Waals surface area contributed by atoms with Gasteiger partial charge in [0.1, 0.15) is 6.10 Å². The van der Waals surface area contributed by atoms with Gasteiger partial charge in [-0.05, 0) is 38.5 Å². The SMILES string of the molecule is CCCCCCCCCCCCCCCCCC(=O)OC(CCCCCCCCCCCCC)CCCCCC(=O)O. The van der Waals surface area contributed by atoms with Crippen molar-refractivity contribution in [3.05, 3.63) is 0 Å². The van der Waals surface area contributed by atoms with Gasteiger partial charge >= 0.3 is 11.9 Å². The standard InChI is InChI=1S/C38H74O4/c1-3-5-7-9-11-13-15-16-17-18-20-22-24-26-31-35-38(41)42-36(33-29-27-30-34-37(39)40)32-28-25-23-21-19-14-12-10-8-6-4-2/h36H,3-35H2,1-2H3,(H,39,40). The van der Waals surface area contributed by atoms with Crippen LogP contribution >= 0.6 is 0 Å². The molecule has 0 aliphatic rings. The summed E-state index contributed by atoms with van der Waals surface area (Å²) in [4.78, 5) is 23.3. The van der Waals surface area contributed by atoms with Gasteiger partial charge in [-0.3, -0.25) is 9.59 Å². The Hall–Kier alpha value is -1.06. The number of ether oxygens (including phenoxy) is 1. The number of carbonyl (C=O) groups excluding carboxylic acids is 1. The van der Waals surface area contributed by atoms with Gasteiger partial charge in [0.25, 0.3) is 0 Å². The van der Waals surface area contributed by atoms with Crippen molar-refractivity contribution in [2.45, 2.75) is 232 Å². The normalized spacial score (nSPS) is 12.0. The summed E-state index contributed by atoms with van der Waals surface area (Å²) in [6.45, 7) is 4.55. The molecule has 0 radical (unpaired) electrons. The number of aliphatic carboxylic acids is 1. The Morgan fingerprint density at radius 3 is 1.07 bits per heavy atom. The minimum absolute atomic E-state index is 0.0113. The fourth-order valence-electron chi connectivity index (χ4n) is 6.01. The van der Waals surface area contributed by atoms with Gasteiger partial charge in [0, 0.05) is 12.8 Å². The lowest BCUT2D eigenvalue weighted by Gasteiger charge is -2.18. The predicted molar refractivity (Wildman–Crippen MR) is 181 cm³/mol. The summed E-state index contributed by atoms with van der Waals surface area (Å²) in [6.07, 6.45) is 39.7. The predicted octanol–water partition coefficient (Wildman–Crippen LogP) is 12.9. The molecule has 0 aromatic heterocycles. The summed E-state index contributed by atoms with van der Waals surface area (Å²) in [5.41, 5.74) is 0. The summed E-state index contributed by atoms with van der Waals surface area (Å²) < 4.78 is 5.93. The minimum atomic E-state index is -0.720. The molecule has 0 rings (SSSR count). The van der Waals surface area contributed by atoms with Gasteiger partial charge in [0.05, 0.1) is 0 Å². The van der Waals surface area contributed by atoms with Gasteiger partial charge in [-0.25, -0.2) is 0 Å². The van der Waals surface area contributed by atoms with E-state index in [9.17, 15) is 9.59 Å². The van der Waals surface area contributed by atoms with Gasteiger partial charge in [-0.1, -0.05) is 174 Å². The molecule has 0 aliphatic heterocycles. The molecule has 0 heterocycles. The number of hydrogen-bond acceptors (Lipinski definition) is 3. The molecule has 1 N–H and O–H groups in total. The van der Waals surface area contributed by atoms with E-state index in [1.54, 1.807) is 0 Å². The first-order valence-corrected chi connectivity index (χ1v) is 19.0. The Balaban J connectivity index is 3.88. The van der Waals surface area contributed by atoms with Crippen LogP contribution in [0, 0.1) is 0 Å². The van der Waals surface area contributed by atoms with Crippen molar-refractivity contribution in [1.82, 2.24) is 0 Å². The summed E-state index contributed by atoms with van der Waals surface area (Å²) in [5.74, 6) is -0.745.